The smallest absolute Gasteiger partial charge is 0.266 e. The number of rotatable bonds is 6. The van der Waals surface area contributed by atoms with Crippen molar-refractivity contribution in [2.75, 3.05) is 18.1 Å². The standard InChI is InChI=1S/C25H19N5O6S2/c1-29-22(32)17-11-6-14(12-19(17)23(29)33)27-21(31)13-37-25-28-20-5-3-2-4-18(20)24(34)30(25)15-7-9-16(10-8-15)38(26,35)36/h2-12H,13H2,1H3,(H,27,31)(H2,26,35,36). The van der Waals surface area contributed by atoms with Gasteiger partial charge in [-0.15, -0.1) is 0 Å². The normalized spacial score (nSPS) is 13.2. The summed E-state index contributed by atoms with van der Waals surface area (Å²) in [6, 6.07) is 16.6. The van der Waals surface area contributed by atoms with Crippen LogP contribution < -0.4 is 16.0 Å². The number of sulfonamides is 1. The molecule has 3 amide bonds. The lowest BCUT2D eigenvalue weighted by molar-refractivity contribution is -0.113. The monoisotopic (exact) mass is 549 g/mol. The molecule has 0 fully saturated rings. The number of anilines is 1. The number of primary sulfonamides is 1. The Kier molecular flexibility index (Phi) is 6.34. The molecule has 1 aliphatic heterocycles. The van der Waals surface area contributed by atoms with Crippen molar-refractivity contribution in [3.63, 3.8) is 0 Å². The molecule has 11 nitrogen and oxygen atoms in total. The molecule has 13 heteroatoms. The minimum atomic E-state index is -3.92. The number of benzene rings is 3. The molecule has 1 aromatic heterocycles. The number of imide groups is 1. The van der Waals surface area contributed by atoms with Crippen molar-refractivity contribution >= 4 is 56.1 Å². The van der Waals surface area contributed by atoms with Crippen LogP contribution in [0.4, 0.5) is 5.69 Å². The third-order valence-corrected chi connectivity index (χ3v) is 7.74. The third kappa shape index (κ3) is 4.58. The van der Waals surface area contributed by atoms with Crippen molar-refractivity contribution < 1.29 is 22.8 Å². The largest absolute Gasteiger partial charge is 0.325 e. The van der Waals surface area contributed by atoms with Gasteiger partial charge in [-0.2, -0.15) is 0 Å². The van der Waals surface area contributed by atoms with Crippen molar-refractivity contribution in [3.8, 4) is 5.69 Å². The summed E-state index contributed by atoms with van der Waals surface area (Å²) in [7, 11) is -2.54. The summed E-state index contributed by atoms with van der Waals surface area (Å²) in [4.78, 5) is 55.9. The number of carbonyl (C=O) groups excluding carboxylic acids is 3. The molecule has 2 heterocycles. The van der Waals surface area contributed by atoms with E-state index in [1.807, 2.05) is 0 Å². The van der Waals surface area contributed by atoms with Crippen LogP contribution >= 0.6 is 11.8 Å². The Hall–Kier alpha value is -4.33. The number of fused-ring (bicyclic) bond motifs is 2. The molecule has 3 aromatic carbocycles. The van der Waals surface area contributed by atoms with E-state index in [0.29, 0.717) is 22.3 Å². The Balaban J connectivity index is 1.43. The molecule has 0 saturated carbocycles. The third-order valence-electron chi connectivity index (χ3n) is 5.87. The van der Waals surface area contributed by atoms with E-state index >= 15 is 0 Å². The molecular formula is C25H19N5O6S2. The number of nitrogens with two attached hydrogens (primary N) is 1. The number of amides is 3. The number of thioether (sulfide) groups is 1. The molecule has 0 atom stereocenters. The summed E-state index contributed by atoms with van der Waals surface area (Å²) in [6.07, 6.45) is 0. The van der Waals surface area contributed by atoms with Gasteiger partial charge in [0, 0.05) is 12.7 Å². The van der Waals surface area contributed by atoms with Crippen LogP contribution in [0.15, 0.2) is 81.6 Å². The van der Waals surface area contributed by atoms with Gasteiger partial charge in [0.1, 0.15) is 0 Å². The molecule has 4 aromatic rings. The van der Waals surface area contributed by atoms with Crippen LogP contribution in [-0.2, 0) is 14.8 Å². The summed E-state index contributed by atoms with van der Waals surface area (Å²) in [6.45, 7) is 0. The van der Waals surface area contributed by atoms with Crippen LogP contribution in [0.5, 0.6) is 0 Å². The fourth-order valence-electron chi connectivity index (χ4n) is 3.99. The number of carbonyl (C=O) groups is 3. The maximum atomic E-state index is 13.4. The number of nitrogens with one attached hydrogen (secondary N) is 1. The Labute approximate surface area is 220 Å². The molecular weight excluding hydrogens is 530 g/mol. The number of hydrogen-bond donors (Lipinski definition) is 2. The van der Waals surface area contributed by atoms with Crippen LogP contribution in [0.25, 0.3) is 16.6 Å². The number of para-hydroxylation sites is 1. The lowest BCUT2D eigenvalue weighted by atomic mass is 10.1. The zero-order valence-corrected chi connectivity index (χ0v) is 21.4. The maximum absolute atomic E-state index is 13.4. The van der Waals surface area contributed by atoms with Crippen LogP contribution in [0.1, 0.15) is 20.7 Å². The van der Waals surface area contributed by atoms with E-state index in [1.54, 1.807) is 24.3 Å². The predicted molar refractivity (Wildman–Crippen MR) is 141 cm³/mol. The van der Waals surface area contributed by atoms with Crippen LogP contribution in [0.3, 0.4) is 0 Å². The van der Waals surface area contributed by atoms with Gasteiger partial charge in [0.2, 0.25) is 15.9 Å². The minimum absolute atomic E-state index is 0.114. The van der Waals surface area contributed by atoms with E-state index in [0.717, 1.165) is 16.7 Å². The molecule has 38 heavy (non-hydrogen) atoms. The van der Waals surface area contributed by atoms with Gasteiger partial charge in [-0.1, -0.05) is 23.9 Å². The molecule has 3 N–H and O–H groups in total. The average molecular weight is 550 g/mol. The Morgan fingerprint density at radius 3 is 2.37 bits per heavy atom. The fraction of sp³-hybridized carbons (Fsp3) is 0.0800. The highest BCUT2D eigenvalue weighted by Crippen LogP contribution is 2.26. The second-order valence-corrected chi connectivity index (χ2v) is 10.9. The van der Waals surface area contributed by atoms with Gasteiger partial charge in [-0.3, -0.25) is 28.6 Å². The molecule has 192 valence electrons. The van der Waals surface area contributed by atoms with E-state index in [4.69, 9.17) is 5.14 Å². The molecule has 0 aliphatic carbocycles. The molecule has 0 unspecified atom stereocenters. The number of hydrogen-bond acceptors (Lipinski definition) is 8. The van der Waals surface area contributed by atoms with Gasteiger partial charge in [-0.05, 0) is 54.6 Å². The topological polar surface area (TPSA) is 162 Å². The maximum Gasteiger partial charge on any atom is 0.266 e. The molecule has 0 bridgehead atoms. The molecule has 0 spiro atoms. The van der Waals surface area contributed by atoms with Crippen LogP contribution in [-0.4, -0.2) is 53.4 Å². The van der Waals surface area contributed by atoms with Crippen LogP contribution in [0, 0.1) is 0 Å². The summed E-state index contributed by atoms with van der Waals surface area (Å²) < 4.78 is 24.6. The second-order valence-electron chi connectivity index (χ2n) is 8.36. The van der Waals surface area contributed by atoms with Gasteiger partial charge < -0.3 is 5.32 Å². The first-order chi connectivity index (χ1) is 18.0. The highest BCUT2D eigenvalue weighted by molar-refractivity contribution is 7.99. The zero-order chi connectivity index (χ0) is 27.2. The van der Waals surface area contributed by atoms with Gasteiger partial charge in [0.05, 0.1) is 38.4 Å². The molecule has 0 radical (unpaired) electrons. The number of nitrogens with zero attached hydrogens (tertiary/aromatic N) is 3. The van der Waals surface area contributed by atoms with E-state index in [-0.39, 0.29) is 26.9 Å². The molecule has 1 aliphatic rings. The minimum Gasteiger partial charge on any atom is -0.325 e. The summed E-state index contributed by atoms with van der Waals surface area (Å²) in [5.74, 6) is -1.42. The molecule has 0 saturated heterocycles. The Bertz CT molecular complexity index is 1820. The fourth-order valence-corrected chi connectivity index (χ4v) is 5.32. The Morgan fingerprint density at radius 2 is 1.66 bits per heavy atom. The van der Waals surface area contributed by atoms with Crippen molar-refractivity contribution in [1.82, 2.24) is 14.5 Å². The molecule has 5 rings (SSSR count). The second kappa shape index (κ2) is 9.52. The zero-order valence-electron chi connectivity index (χ0n) is 19.7. The quantitative estimate of drug-likeness (QED) is 0.210. The highest BCUT2D eigenvalue weighted by Gasteiger charge is 2.32. The van der Waals surface area contributed by atoms with E-state index in [9.17, 15) is 27.6 Å². The first-order valence-corrected chi connectivity index (χ1v) is 13.6. The Morgan fingerprint density at radius 1 is 0.974 bits per heavy atom. The van der Waals surface area contributed by atoms with E-state index in [1.165, 1.54) is 54.1 Å². The van der Waals surface area contributed by atoms with Gasteiger partial charge in [-0.25, -0.2) is 18.5 Å². The summed E-state index contributed by atoms with van der Waals surface area (Å²) in [5, 5.41) is 8.43. The van der Waals surface area contributed by atoms with Crippen LogP contribution in [0.2, 0.25) is 0 Å². The highest BCUT2D eigenvalue weighted by atomic mass is 32.2. The SMILES string of the molecule is CN1C(=O)c2ccc(NC(=O)CSc3nc4ccccc4c(=O)n3-c3ccc(S(N)(=O)=O)cc3)cc2C1=O. The lowest BCUT2D eigenvalue weighted by Gasteiger charge is -2.14. The first-order valence-electron chi connectivity index (χ1n) is 11.1. The van der Waals surface area contributed by atoms with Gasteiger partial charge >= 0.3 is 0 Å². The van der Waals surface area contributed by atoms with Gasteiger partial charge in [0.25, 0.3) is 17.4 Å². The first kappa shape index (κ1) is 25.3. The number of aromatic nitrogens is 2. The van der Waals surface area contributed by atoms with E-state index < -0.39 is 33.3 Å². The average Bonchev–Trinajstić information content (AvgIpc) is 3.10. The van der Waals surface area contributed by atoms with Crippen molar-refractivity contribution in [1.29, 1.82) is 0 Å². The summed E-state index contributed by atoms with van der Waals surface area (Å²) >= 11 is 1.00. The van der Waals surface area contributed by atoms with Crippen molar-refractivity contribution in [2.24, 2.45) is 5.14 Å². The van der Waals surface area contributed by atoms with Crippen molar-refractivity contribution in [2.45, 2.75) is 10.1 Å². The summed E-state index contributed by atoms with van der Waals surface area (Å²) in [5.41, 5.74) is 1.19. The van der Waals surface area contributed by atoms with Gasteiger partial charge in [0.15, 0.2) is 5.16 Å². The predicted octanol–water partition coefficient (Wildman–Crippen LogP) is 1.99. The van der Waals surface area contributed by atoms with E-state index in [2.05, 4.69) is 10.3 Å². The lowest BCUT2D eigenvalue weighted by Crippen LogP contribution is -2.24. The van der Waals surface area contributed by atoms with Crippen molar-refractivity contribution in [3.05, 3.63) is 88.2 Å².